The van der Waals surface area contributed by atoms with Crippen molar-refractivity contribution < 1.29 is 23.5 Å². The van der Waals surface area contributed by atoms with Gasteiger partial charge in [0.1, 0.15) is 5.58 Å². The van der Waals surface area contributed by atoms with Gasteiger partial charge in [0.2, 0.25) is 5.76 Å². The van der Waals surface area contributed by atoms with Crippen LogP contribution in [0.5, 0.6) is 0 Å². The number of amides is 1. The topological polar surface area (TPSA) is 77.8 Å². The fraction of sp³-hybridized carbons (Fsp3) is 0.360. The smallest absolute Gasteiger partial charge is 0.375 e. The first-order valence-electron chi connectivity index (χ1n) is 10.6. The van der Waals surface area contributed by atoms with Gasteiger partial charge in [-0.2, -0.15) is 0 Å². The molecule has 0 spiro atoms. The van der Waals surface area contributed by atoms with Crippen molar-refractivity contribution in [2.45, 2.75) is 52.4 Å². The van der Waals surface area contributed by atoms with Gasteiger partial charge in [0.15, 0.2) is 6.10 Å². The largest absolute Gasteiger partial charge is 0.449 e. The molecule has 1 heterocycles. The van der Waals surface area contributed by atoms with E-state index in [-0.39, 0.29) is 24.3 Å². The Morgan fingerprint density at radius 2 is 1.74 bits per heavy atom. The second-order valence-corrected chi connectivity index (χ2v) is 7.52. The third-order valence-corrected chi connectivity index (χ3v) is 5.08. The zero-order valence-electron chi connectivity index (χ0n) is 18.2. The number of carbonyl (C=O) groups excluding carboxylic acids is 2. The van der Waals surface area contributed by atoms with Gasteiger partial charge >= 0.3 is 5.97 Å². The second kappa shape index (κ2) is 10.8. The van der Waals surface area contributed by atoms with Crippen LogP contribution < -0.4 is 5.32 Å². The van der Waals surface area contributed by atoms with E-state index in [2.05, 4.69) is 17.4 Å². The van der Waals surface area contributed by atoms with Gasteiger partial charge in [-0.3, -0.25) is 4.79 Å². The molecule has 164 valence electrons. The number of aryl methyl sites for hydroxylation is 1. The van der Waals surface area contributed by atoms with Crippen LogP contribution in [0.2, 0.25) is 0 Å². The number of ether oxygens (including phenoxy) is 2. The molecule has 0 fully saturated rings. The van der Waals surface area contributed by atoms with Gasteiger partial charge in [-0.15, -0.1) is 0 Å². The Morgan fingerprint density at radius 1 is 1.03 bits per heavy atom. The first kappa shape index (κ1) is 22.6. The Hall–Kier alpha value is -3.12. The van der Waals surface area contributed by atoms with Crippen LogP contribution in [0.25, 0.3) is 11.0 Å². The summed E-state index contributed by atoms with van der Waals surface area (Å²) in [4.78, 5) is 25.3. The summed E-state index contributed by atoms with van der Waals surface area (Å²) in [6.07, 6.45) is 0.703. The molecule has 0 saturated heterocycles. The van der Waals surface area contributed by atoms with Crippen LogP contribution in [-0.2, 0) is 27.3 Å². The summed E-state index contributed by atoms with van der Waals surface area (Å²) in [7, 11) is 0. The van der Waals surface area contributed by atoms with Gasteiger partial charge in [0, 0.05) is 23.6 Å². The van der Waals surface area contributed by atoms with Crippen molar-refractivity contribution in [3.63, 3.8) is 0 Å². The molecule has 0 aliphatic rings. The second-order valence-electron chi connectivity index (χ2n) is 7.52. The molecule has 3 rings (SSSR count). The average molecular weight is 424 g/mol. The summed E-state index contributed by atoms with van der Waals surface area (Å²) in [5, 5.41) is 3.71. The number of rotatable bonds is 10. The number of hydrogen-bond donors (Lipinski definition) is 1. The van der Waals surface area contributed by atoms with Crippen molar-refractivity contribution in [1.82, 2.24) is 5.32 Å². The van der Waals surface area contributed by atoms with E-state index in [1.807, 2.05) is 50.2 Å². The zero-order valence-corrected chi connectivity index (χ0v) is 18.2. The van der Waals surface area contributed by atoms with Crippen LogP contribution in [0.4, 0.5) is 0 Å². The lowest BCUT2D eigenvalue weighted by Gasteiger charge is -2.18. The Kier molecular flexibility index (Phi) is 7.84. The highest BCUT2D eigenvalue weighted by atomic mass is 16.6. The quantitative estimate of drug-likeness (QED) is 0.480. The minimum Gasteiger partial charge on any atom is -0.449 e. The summed E-state index contributed by atoms with van der Waals surface area (Å²) >= 11 is 0. The van der Waals surface area contributed by atoms with Crippen LogP contribution in [-0.4, -0.2) is 30.6 Å². The van der Waals surface area contributed by atoms with E-state index in [0.29, 0.717) is 17.8 Å². The SMILES string of the molecule is CCOCc1c(C(=O)O[C@H](C)C(=O)N[C@@H](C)CCc2ccccc2)oc2ccccc12. The molecule has 1 aromatic heterocycles. The lowest BCUT2D eigenvalue weighted by molar-refractivity contribution is -0.129. The van der Waals surface area contributed by atoms with Crippen LogP contribution in [0, 0.1) is 0 Å². The van der Waals surface area contributed by atoms with Crippen molar-refractivity contribution in [1.29, 1.82) is 0 Å². The Balaban J connectivity index is 1.60. The lowest BCUT2D eigenvalue weighted by Crippen LogP contribution is -2.41. The van der Waals surface area contributed by atoms with Crippen molar-refractivity contribution in [3.05, 3.63) is 71.5 Å². The normalized spacial score (nSPS) is 13.0. The molecule has 0 saturated carbocycles. The number of para-hydroxylation sites is 1. The molecule has 31 heavy (non-hydrogen) atoms. The van der Waals surface area contributed by atoms with Gasteiger partial charge in [0.25, 0.3) is 5.91 Å². The molecule has 0 aliphatic carbocycles. The number of benzene rings is 2. The standard InChI is InChI=1S/C25H29NO5/c1-4-29-16-21-20-12-8-9-13-22(20)31-23(21)25(28)30-18(3)24(27)26-17(2)14-15-19-10-6-5-7-11-19/h5-13,17-18H,4,14-16H2,1-3H3,(H,26,27)/t17-,18+/m0/s1. The van der Waals surface area contributed by atoms with E-state index in [1.54, 1.807) is 13.0 Å². The molecule has 0 radical (unpaired) electrons. The highest BCUT2D eigenvalue weighted by Crippen LogP contribution is 2.27. The predicted octanol–water partition coefficient (Wildman–Crippen LogP) is 4.65. The van der Waals surface area contributed by atoms with Crippen LogP contribution in [0.3, 0.4) is 0 Å². The monoisotopic (exact) mass is 423 g/mol. The van der Waals surface area contributed by atoms with Gasteiger partial charge in [-0.1, -0.05) is 48.5 Å². The number of nitrogens with one attached hydrogen (secondary N) is 1. The molecule has 6 nitrogen and oxygen atoms in total. The molecule has 0 aliphatic heterocycles. The van der Waals surface area contributed by atoms with Gasteiger partial charge in [0.05, 0.1) is 6.61 Å². The van der Waals surface area contributed by atoms with Crippen LogP contribution in [0.1, 0.15) is 48.9 Å². The molecular weight excluding hydrogens is 394 g/mol. The first-order chi connectivity index (χ1) is 15.0. The Morgan fingerprint density at radius 3 is 2.48 bits per heavy atom. The average Bonchev–Trinajstić information content (AvgIpc) is 3.15. The van der Waals surface area contributed by atoms with E-state index in [9.17, 15) is 9.59 Å². The predicted molar refractivity (Wildman–Crippen MR) is 119 cm³/mol. The van der Waals surface area contributed by atoms with Crippen LogP contribution in [0.15, 0.2) is 59.0 Å². The minimum absolute atomic E-state index is 0.0476. The maximum Gasteiger partial charge on any atom is 0.375 e. The molecule has 2 aromatic carbocycles. The molecular formula is C25H29NO5. The minimum atomic E-state index is -0.945. The summed E-state index contributed by atoms with van der Waals surface area (Å²) in [5.41, 5.74) is 2.43. The third-order valence-electron chi connectivity index (χ3n) is 5.08. The number of carbonyl (C=O) groups is 2. The molecule has 1 amide bonds. The third kappa shape index (κ3) is 5.95. The Labute approximate surface area is 182 Å². The van der Waals surface area contributed by atoms with E-state index in [0.717, 1.165) is 18.2 Å². The molecule has 2 atom stereocenters. The zero-order chi connectivity index (χ0) is 22.2. The summed E-state index contributed by atoms with van der Waals surface area (Å²) in [6, 6.07) is 17.4. The fourth-order valence-electron chi connectivity index (χ4n) is 3.34. The molecule has 3 aromatic rings. The maximum absolute atomic E-state index is 12.8. The van der Waals surface area contributed by atoms with Crippen molar-refractivity contribution in [2.24, 2.45) is 0 Å². The molecule has 0 bridgehead atoms. The highest BCUT2D eigenvalue weighted by Gasteiger charge is 2.26. The highest BCUT2D eigenvalue weighted by molar-refractivity contribution is 5.97. The van der Waals surface area contributed by atoms with Crippen molar-refractivity contribution in [3.8, 4) is 0 Å². The lowest BCUT2D eigenvalue weighted by atomic mass is 10.1. The van der Waals surface area contributed by atoms with Crippen molar-refractivity contribution in [2.75, 3.05) is 6.61 Å². The first-order valence-corrected chi connectivity index (χ1v) is 10.6. The van der Waals surface area contributed by atoms with E-state index in [4.69, 9.17) is 13.9 Å². The van der Waals surface area contributed by atoms with E-state index < -0.39 is 12.1 Å². The molecule has 1 N–H and O–H groups in total. The Bertz CT molecular complexity index is 1010. The summed E-state index contributed by atoms with van der Waals surface area (Å²) < 4.78 is 16.6. The molecule has 6 heteroatoms. The molecule has 0 unspecified atom stereocenters. The summed E-state index contributed by atoms with van der Waals surface area (Å²) in [6.45, 7) is 6.12. The van der Waals surface area contributed by atoms with Gasteiger partial charge in [-0.25, -0.2) is 4.79 Å². The number of furan rings is 1. The van der Waals surface area contributed by atoms with Gasteiger partial charge < -0.3 is 19.2 Å². The van der Waals surface area contributed by atoms with Crippen molar-refractivity contribution >= 4 is 22.8 Å². The maximum atomic E-state index is 12.8. The number of esters is 1. The van der Waals surface area contributed by atoms with Crippen LogP contribution >= 0.6 is 0 Å². The number of fused-ring (bicyclic) bond motifs is 1. The fourth-order valence-corrected chi connectivity index (χ4v) is 3.34. The van der Waals surface area contributed by atoms with E-state index >= 15 is 0 Å². The van der Waals surface area contributed by atoms with E-state index in [1.165, 1.54) is 5.56 Å². The summed E-state index contributed by atoms with van der Waals surface area (Å²) in [5.74, 6) is -0.937. The van der Waals surface area contributed by atoms with Gasteiger partial charge in [-0.05, 0) is 45.2 Å². The number of hydrogen-bond acceptors (Lipinski definition) is 5.